The monoisotopic (exact) mass is 300 g/mol. The first-order valence-corrected chi connectivity index (χ1v) is 8.54. The number of aromatic nitrogens is 1. The molecule has 0 aliphatic carbocycles. The highest BCUT2D eigenvalue weighted by Crippen LogP contribution is 2.32. The lowest BCUT2D eigenvalue weighted by atomic mass is 10.0. The number of hydrogen-bond acceptors (Lipinski definition) is 5. The normalized spacial score (nSPS) is 25.8. The Bertz CT molecular complexity index is 741. The third kappa shape index (κ3) is 2.57. The van der Waals surface area contributed by atoms with Crippen LogP contribution in [0.25, 0.3) is 10.2 Å². The van der Waals surface area contributed by atoms with Crippen LogP contribution in [0.3, 0.4) is 0 Å². The molecule has 4 nitrogen and oxygen atoms in total. The van der Waals surface area contributed by atoms with Gasteiger partial charge in [-0.1, -0.05) is 11.3 Å². The average molecular weight is 300 g/mol. The number of sulfone groups is 1. The van der Waals surface area contributed by atoms with Crippen LogP contribution >= 0.6 is 11.3 Å². The van der Waals surface area contributed by atoms with Crippen molar-refractivity contribution in [1.82, 2.24) is 4.98 Å². The second-order valence-electron chi connectivity index (χ2n) is 5.16. The Morgan fingerprint density at radius 1 is 1.47 bits per heavy atom. The van der Waals surface area contributed by atoms with E-state index in [0.717, 1.165) is 10.2 Å². The molecule has 19 heavy (non-hydrogen) atoms. The van der Waals surface area contributed by atoms with Crippen molar-refractivity contribution in [3.8, 4) is 0 Å². The molecule has 1 fully saturated rings. The first-order chi connectivity index (χ1) is 8.85. The van der Waals surface area contributed by atoms with Gasteiger partial charge in [0.05, 0.1) is 27.3 Å². The summed E-state index contributed by atoms with van der Waals surface area (Å²) >= 11 is 1.34. The minimum absolute atomic E-state index is 0.115. The molecule has 7 heteroatoms. The zero-order valence-corrected chi connectivity index (χ0v) is 11.9. The van der Waals surface area contributed by atoms with E-state index in [2.05, 4.69) is 10.3 Å². The van der Waals surface area contributed by atoms with Crippen LogP contribution in [0.2, 0.25) is 0 Å². The standard InChI is InChI=1S/C12H13FN2O2S2/c1-12(4-5-19(16,17)7-12)15-11-14-9-3-2-8(13)6-10(9)18-11/h2-3,6H,4-5,7H2,1H3,(H,14,15). The average Bonchev–Trinajstić information content (AvgIpc) is 2.78. The van der Waals surface area contributed by atoms with Crippen LogP contribution in [0, 0.1) is 5.82 Å². The molecule has 0 amide bonds. The fourth-order valence-electron chi connectivity index (χ4n) is 2.32. The fraction of sp³-hybridized carbons (Fsp3) is 0.417. The van der Waals surface area contributed by atoms with Crippen molar-refractivity contribution >= 4 is 36.5 Å². The van der Waals surface area contributed by atoms with Crippen LogP contribution in [0.5, 0.6) is 0 Å². The molecule has 1 unspecified atom stereocenters. The minimum Gasteiger partial charge on any atom is -0.355 e. The number of nitrogens with zero attached hydrogens (tertiary/aromatic N) is 1. The van der Waals surface area contributed by atoms with Gasteiger partial charge in [-0.15, -0.1) is 0 Å². The number of halogens is 1. The first kappa shape index (κ1) is 12.8. The number of rotatable bonds is 2. The Kier molecular flexibility index (Phi) is 2.79. The van der Waals surface area contributed by atoms with Gasteiger partial charge in [-0.3, -0.25) is 0 Å². The van der Waals surface area contributed by atoms with E-state index >= 15 is 0 Å². The molecule has 1 saturated heterocycles. The van der Waals surface area contributed by atoms with Crippen molar-refractivity contribution in [1.29, 1.82) is 0 Å². The van der Waals surface area contributed by atoms with Gasteiger partial charge in [0.2, 0.25) is 0 Å². The summed E-state index contributed by atoms with van der Waals surface area (Å²) in [7, 11) is -2.96. The Hall–Kier alpha value is -1.21. The maximum absolute atomic E-state index is 13.1. The largest absolute Gasteiger partial charge is 0.355 e. The maximum atomic E-state index is 13.1. The van der Waals surface area contributed by atoms with Gasteiger partial charge in [0.1, 0.15) is 5.82 Å². The van der Waals surface area contributed by atoms with Crippen LogP contribution < -0.4 is 5.32 Å². The maximum Gasteiger partial charge on any atom is 0.184 e. The predicted octanol–water partition coefficient (Wildman–Crippen LogP) is 2.42. The number of thiazole rings is 1. The van der Waals surface area contributed by atoms with Crippen molar-refractivity contribution in [3.63, 3.8) is 0 Å². The Labute approximate surface area is 114 Å². The number of nitrogens with one attached hydrogen (secondary N) is 1. The summed E-state index contributed by atoms with van der Waals surface area (Å²) in [5.41, 5.74) is 0.240. The molecule has 2 heterocycles. The van der Waals surface area contributed by atoms with Gasteiger partial charge in [-0.25, -0.2) is 17.8 Å². The van der Waals surface area contributed by atoms with Crippen LogP contribution in [0.4, 0.5) is 9.52 Å². The SMILES string of the molecule is CC1(Nc2nc3ccc(F)cc3s2)CCS(=O)(=O)C1. The zero-order chi connectivity index (χ0) is 13.7. The second-order valence-corrected chi connectivity index (χ2v) is 8.37. The number of anilines is 1. The molecule has 0 spiro atoms. The number of hydrogen-bond donors (Lipinski definition) is 1. The van der Waals surface area contributed by atoms with Crippen molar-refractivity contribution in [2.45, 2.75) is 18.9 Å². The number of fused-ring (bicyclic) bond motifs is 1. The summed E-state index contributed by atoms with van der Waals surface area (Å²) in [6, 6.07) is 4.43. The third-order valence-corrected chi connectivity index (χ3v) is 6.10. The predicted molar refractivity (Wildman–Crippen MR) is 74.9 cm³/mol. The van der Waals surface area contributed by atoms with Crippen molar-refractivity contribution in [3.05, 3.63) is 24.0 Å². The molecule has 0 bridgehead atoms. The second kappa shape index (κ2) is 4.14. The third-order valence-electron chi connectivity index (χ3n) is 3.26. The molecule has 0 saturated carbocycles. The summed E-state index contributed by atoms with van der Waals surface area (Å²) < 4.78 is 37.0. The Balaban J connectivity index is 1.90. The summed E-state index contributed by atoms with van der Waals surface area (Å²) in [6.07, 6.45) is 0.569. The van der Waals surface area contributed by atoms with Gasteiger partial charge in [0.25, 0.3) is 0 Å². The molecule has 1 aromatic carbocycles. The number of benzene rings is 1. The lowest BCUT2D eigenvalue weighted by Gasteiger charge is -2.23. The van der Waals surface area contributed by atoms with E-state index in [1.165, 1.54) is 23.5 Å². The first-order valence-electron chi connectivity index (χ1n) is 5.90. The molecule has 1 aliphatic heterocycles. The van der Waals surface area contributed by atoms with Gasteiger partial charge in [0, 0.05) is 0 Å². The molecule has 2 aromatic rings. The van der Waals surface area contributed by atoms with E-state index in [-0.39, 0.29) is 17.3 Å². The highest BCUT2D eigenvalue weighted by atomic mass is 32.2. The molecule has 1 atom stereocenters. The Morgan fingerprint density at radius 3 is 2.95 bits per heavy atom. The molecule has 1 N–H and O–H groups in total. The Morgan fingerprint density at radius 2 is 2.26 bits per heavy atom. The molecule has 0 radical (unpaired) electrons. The summed E-state index contributed by atoms with van der Waals surface area (Å²) in [5, 5.41) is 3.83. The molecule has 3 rings (SSSR count). The lowest BCUT2D eigenvalue weighted by Crippen LogP contribution is -2.35. The van der Waals surface area contributed by atoms with E-state index in [0.29, 0.717) is 11.6 Å². The van der Waals surface area contributed by atoms with E-state index < -0.39 is 15.4 Å². The highest BCUT2D eigenvalue weighted by Gasteiger charge is 2.38. The van der Waals surface area contributed by atoms with Gasteiger partial charge >= 0.3 is 0 Å². The highest BCUT2D eigenvalue weighted by molar-refractivity contribution is 7.91. The van der Waals surface area contributed by atoms with Gasteiger partial charge < -0.3 is 5.32 Å². The van der Waals surface area contributed by atoms with Crippen molar-refractivity contribution < 1.29 is 12.8 Å². The topological polar surface area (TPSA) is 59.1 Å². The van der Waals surface area contributed by atoms with E-state index in [4.69, 9.17) is 0 Å². The van der Waals surface area contributed by atoms with E-state index in [1.807, 2.05) is 6.92 Å². The van der Waals surface area contributed by atoms with Crippen LogP contribution in [0.1, 0.15) is 13.3 Å². The fourth-order valence-corrected chi connectivity index (χ4v) is 5.45. The lowest BCUT2D eigenvalue weighted by molar-refractivity contribution is 0.574. The van der Waals surface area contributed by atoms with Crippen LogP contribution in [0.15, 0.2) is 18.2 Å². The molecule has 1 aromatic heterocycles. The summed E-state index contributed by atoms with van der Waals surface area (Å²) in [4.78, 5) is 4.36. The van der Waals surface area contributed by atoms with Crippen LogP contribution in [-0.2, 0) is 9.84 Å². The molecular weight excluding hydrogens is 287 g/mol. The molecule has 102 valence electrons. The smallest absolute Gasteiger partial charge is 0.184 e. The van der Waals surface area contributed by atoms with Gasteiger partial charge in [-0.2, -0.15) is 0 Å². The molecule has 1 aliphatic rings. The van der Waals surface area contributed by atoms with E-state index in [9.17, 15) is 12.8 Å². The van der Waals surface area contributed by atoms with Crippen LogP contribution in [-0.4, -0.2) is 30.4 Å². The van der Waals surface area contributed by atoms with Crippen molar-refractivity contribution in [2.24, 2.45) is 0 Å². The van der Waals surface area contributed by atoms with E-state index in [1.54, 1.807) is 6.07 Å². The summed E-state index contributed by atoms with van der Waals surface area (Å²) in [5.74, 6) is 0.0256. The van der Waals surface area contributed by atoms with Crippen molar-refractivity contribution in [2.75, 3.05) is 16.8 Å². The van der Waals surface area contributed by atoms with Gasteiger partial charge in [0.15, 0.2) is 15.0 Å². The van der Waals surface area contributed by atoms with Gasteiger partial charge in [-0.05, 0) is 31.5 Å². The molecular formula is C12H13FN2O2S2. The quantitative estimate of drug-likeness (QED) is 0.925. The summed E-state index contributed by atoms with van der Waals surface area (Å²) in [6.45, 7) is 1.88. The zero-order valence-electron chi connectivity index (χ0n) is 10.3. The minimum atomic E-state index is -2.96.